The van der Waals surface area contributed by atoms with Crippen LogP contribution in [-0.2, 0) is 0 Å². The molecule has 0 heterocycles. The van der Waals surface area contributed by atoms with Crippen LogP contribution in [0.15, 0.2) is 61.2 Å². The third kappa shape index (κ3) is 9.73. The number of esters is 1. The van der Waals surface area contributed by atoms with E-state index in [4.69, 9.17) is 14.2 Å². The van der Waals surface area contributed by atoms with Crippen molar-refractivity contribution in [2.75, 3.05) is 13.2 Å². The standard InChI is InChI=1S/C27H36O4/c1-4-6-7-8-9-20-29-24-14-12-23(13-15-24)27(28)31-26-18-16-25(17-19-26)30-21-10-11-22(3)5-2/h4,12-19,22H,1,5-11,20-21H2,2-3H3. The van der Waals surface area contributed by atoms with Crippen LogP contribution < -0.4 is 14.2 Å². The Morgan fingerprint density at radius 2 is 1.45 bits per heavy atom. The summed E-state index contributed by atoms with van der Waals surface area (Å²) in [5, 5.41) is 0. The topological polar surface area (TPSA) is 44.8 Å². The van der Waals surface area contributed by atoms with Crippen molar-refractivity contribution < 1.29 is 19.0 Å². The molecule has 0 aliphatic heterocycles. The molecule has 0 spiro atoms. The van der Waals surface area contributed by atoms with E-state index in [2.05, 4.69) is 20.4 Å². The molecule has 0 aromatic heterocycles. The van der Waals surface area contributed by atoms with Gasteiger partial charge in [0.1, 0.15) is 17.2 Å². The van der Waals surface area contributed by atoms with E-state index >= 15 is 0 Å². The molecule has 0 fully saturated rings. The summed E-state index contributed by atoms with van der Waals surface area (Å²) in [5.41, 5.74) is 0.490. The molecule has 0 saturated carbocycles. The predicted octanol–water partition coefficient (Wildman–Crippen LogP) is 7.24. The van der Waals surface area contributed by atoms with Gasteiger partial charge >= 0.3 is 5.97 Å². The zero-order valence-corrected chi connectivity index (χ0v) is 19.0. The van der Waals surface area contributed by atoms with Gasteiger partial charge in [-0.05, 0) is 93.0 Å². The van der Waals surface area contributed by atoms with E-state index in [1.807, 2.05) is 18.2 Å². The summed E-state index contributed by atoms with van der Waals surface area (Å²) in [7, 11) is 0. The van der Waals surface area contributed by atoms with Gasteiger partial charge in [0.05, 0.1) is 18.8 Å². The normalized spacial score (nSPS) is 11.5. The molecule has 1 atom stereocenters. The molecule has 0 bridgehead atoms. The highest BCUT2D eigenvalue weighted by molar-refractivity contribution is 5.91. The summed E-state index contributed by atoms with van der Waals surface area (Å²) >= 11 is 0. The SMILES string of the molecule is C=CCCCCCOc1ccc(C(=O)Oc2ccc(OCCCC(C)CC)cc2)cc1. The van der Waals surface area contributed by atoms with Crippen LogP contribution in [-0.4, -0.2) is 19.2 Å². The van der Waals surface area contributed by atoms with Crippen molar-refractivity contribution in [3.8, 4) is 17.2 Å². The Kier molecular flexibility index (Phi) is 11.3. The zero-order valence-electron chi connectivity index (χ0n) is 19.0. The van der Waals surface area contributed by atoms with Crippen LogP contribution in [0, 0.1) is 5.92 Å². The average Bonchev–Trinajstić information content (AvgIpc) is 2.80. The Labute approximate surface area is 187 Å². The summed E-state index contributed by atoms with van der Waals surface area (Å²) in [5.74, 6) is 2.39. The molecule has 31 heavy (non-hydrogen) atoms. The number of hydrogen-bond acceptors (Lipinski definition) is 4. The van der Waals surface area contributed by atoms with Crippen molar-refractivity contribution in [2.24, 2.45) is 5.92 Å². The summed E-state index contributed by atoms with van der Waals surface area (Å²) in [4.78, 5) is 12.4. The molecular formula is C27H36O4. The molecular weight excluding hydrogens is 388 g/mol. The fourth-order valence-electron chi connectivity index (χ4n) is 3.04. The van der Waals surface area contributed by atoms with Crippen LogP contribution in [0.5, 0.6) is 17.2 Å². The summed E-state index contributed by atoms with van der Waals surface area (Å²) < 4.78 is 16.9. The van der Waals surface area contributed by atoms with E-state index in [1.54, 1.807) is 36.4 Å². The lowest BCUT2D eigenvalue weighted by atomic mass is 10.0. The number of allylic oxidation sites excluding steroid dienone is 1. The summed E-state index contributed by atoms with van der Waals surface area (Å²) in [6, 6.07) is 14.2. The van der Waals surface area contributed by atoms with E-state index in [0.29, 0.717) is 24.5 Å². The lowest BCUT2D eigenvalue weighted by Crippen LogP contribution is -2.08. The maximum atomic E-state index is 12.4. The molecule has 0 radical (unpaired) electrons. The second kappa shape index (κ2) is 14.3. The van der Waals surface area contributed by atoms with Gasteiger partial charge in [0, 0.05) is 0 Å². The van der Waals surface area contributed by atoms with Gasteiger partial charge in [-0.3, -0.25) is 0 Å². The number of unbranched alkanes of at least 4 members (excludes halogenated alkanes) is 3. The van der Waals surface area contributed by atoms with Crippen molar-refractivity contribution in [2.45, 2.75) is 58.8 Å². The molecule has 4 nitrogen and oxygen atoms in total. The minimum absolute atomic E-state index is 0.391. The van der Waals surface area contributed by atoms with E-state index in [0.717, 1.165) is 49.5 Å². The Balaban J connectivity index is 1.72. The predicted molar refractivity (Wildman–Crippen MR) is 126 cm³/mol. The fraction of sp³-hybridized carbons (Fsp3) is 0.444. The van der Waals surface area contributed by atoms with Gasteiger partial charge < -0.3 is 14.2 Å². The number of benzene rings is 2. The Morgan fingerprint density at radius 3 is 2.06 bits per heavy atom. The maximum absolute atomic E-state index is 12.4. The molecule has 0 aliphatic carbocycles. The molecule has 1 unspecified atom stereocenters. The lowest BCUT2D eigenvalue weighted by molar-refractivity contribution is 0.0734. The number of ether oxygens (including phenoxy) is 3. The highest BCUT2D eigenvalue weighted by atomic mass is 16.5. The number of carbonyl (C=O) groups excluding carboxylic acids is 1. The second-order valence-electron chi connectivity index (χ2n) is 7.88. The number of hydrogen-bond donors (Lipinski definition) is 0. The van der Waals surface area contributed by atoms with Crippen molar-refractivity contribution in [1.29, 1.82) is 0 Å². The van der Waals surface area contributed by atoms with Gasteiger partial charge in [0.15, 0.2) is 0 Å². The first-order valence-electron chi connectivity index (χ1n) is 11.4. The smallest absolute Gasteiger partial charge is 0.343 e. The maximum Gasteiger partial charge on any atom is 0.343 e. The molecule has 0 N–H and O–H groups in total. The van der Waals surface area contributed by atoms with Gasteiger partial charge in [-0.2, -0.15) is 0 Å². The first-order chi connectivity index (χ1) is 15.1. The summed E-state index contributed by atoms with van der Waals surface area (Å²) in [6.07, 6.45) is 9.68. The van der Waals surface area contributed by atoms with E-state index in [1.165, 1.54) is 12.8 Å². The molecule has 2 rings (SSSR count). The third-order valence-corrected chi connectivity index (χ3v) is 5.25. The third-order valence-electron chi connectivity index (χ3n) is 5.25. The molecule has 2 aromatic rings. The molecule has 0 aliphatic rings. The second-order valence-corrected chi connectivity index (χ2v) is 7.88. The minimum Gasteiger partial charge on any atom is -0.494 e. The van der Waals surface area contributed by atoms with Crippen molar-refractivity contribution >= 4 is 5.97 Å². The van der Waals surface area contributed by atoms with Crippen LogP contribution >= 0.6 is 0 Å². The largest absolute Gasteiger partial charge is 0.494 e. The highest BCUT2D eigenvalue weighted by Crippen LogP contribution is 2.20. The lowest BCUT2D eigenvalue weighted by Gasteiger charge is -2.10. The van der Waals surface area contributed by atoms with Gasteiger partial charge in [0.2, 0.25) is 0 Å². The van der Waals surface area contributed by atoms with Crippen LogP contribution in [0.2, 0.25) is 0 Å². The first kappa shape index (κ1) is 24.5. The van der Waals surface area contributed by atoms with Crippen LogP contribution in [0.3, 0.4) is 0 Å². The van der Waals surface area contributed by atoms with E-state index in [9.17, 15) is 4.79 Å². The Morgan fingerprint density at radius 1 is 0.871 bits per heavy atom. The summed E-state index contributed by atoms with van der Waals surface area (Å²) in [6.45, 7) is 9.57. The quantitative estimate of drug-likeness (QED) is 0.131. The molecule has 2 aromatic carbocycles. The molecule has 0 saturated heterocycles. The molecule has 0 amide bonds. The first-order valence-corrected chi connectivity index (χ1v) is 11.4. The number of rotatable bonds is 15. The van der Waals surface area contributed by atoms with E-state index < -0.39 is 5.97 Å². The number of carbonyl (C=O) groups is 1. The molecule has 168 valence electrons. The van der Waals surface area contributed by atoms with Gasteiger partial charge in [-0.25, -0.2) is 4.79 Å². The fourth-order valence-corrected chi connectivity index (χ4v) is 3.04. The van der Waals surface area contributed by atoms with Crippen LogP contribution in [0.1, 0.15) is 69.2 Å². The average molecular weight is 425 g/mol. The Bertz CT molecular complexity index is 765. The monoisotopic (exact) mass is 424 g/mol. The van der Waals surface area contributed by atoms with Crippen molar-refractivity contribution in [3.05, 3.63) is 66.7 Å². The van der Waals surface area contributed by atoms with Crippen molar-refractivity contribution in [1.82, 2.24) is 0 Å². The van der Waals surface area contributed by atoms with E-state index in [-0.39, 0.29) is 0 Å². The molecule has 4 heteroatoms. The Hall–Kier alpha value is -2.75. The van der Waals surface area contributed by atoms with Gasteiger partial charge in [-0.15, -0.1) is 6.58 Å². The van der Waals surface area contributed by atoms with Crippen LogP contribution in [0.4, 0.5) is 0 Å². The minimum atomic E-state index is -0.391. The van der Waals surface area contributed by atoms with Gasteiger partial charge in [0.25, 0.3) is 0 Å². The van der Waals surface area contributed by atoms with Crippen molar-refractivity contribution in [3.63, 3.8) is 0 Å². The zero-order chi connectivity index (χ0) is 22.3. The highest BCUT2D eigenvalue weighted by Gasteiger charge is 2.09. The van der Waals surface area contributed by atoms with Gasteiger partial charge in [-0.1, -0.05) is 26.3 Å². The van der Waals surface area contributed by atoms with Crippen LogP contribution in [0.25, 0.3) is 0 Å².